The highest BCUT2D eigenvalue weighted by Gasteiger charge is 2.43. The molecular formula is C18H15BrF4N2O2. The van der Waals surface area contributed by atoms with E-state index in [-0.39, 0.29) is 36.6 Å². The molecule has 1 fully saturated rings. The van der Waals surface area contributed by atoms with Gasteiger partial charge >= 0.3 is 6.18 Å². The summed E-state index contributed by atoms with van der Waals surface area (Å²) in [5.74, 6) is -2.41. The first-order valence-electron chi connectivity index (χ1n) is 8.19. The second-order valence-corrected chi connectivity index (χ2v) is 7.02. The van der Waals surface area contributed by atoms with Crippen molar-refractivity contribution in [3.63, 3.8) is 0 Å². The van der Waals surface area contributed by atoms with Crippen LogP contribution in [0, 0.1) is 11.7 Å². The van der Waals surface area contributed by atoms with E-state index < -0.39 is 30.4 Å². The molecule has 1 atom stereocenters. The summed E-state index contributed by atoms with van der Waals surface area (Å²) in [5.41, 5.74) is 0.0524. The van der Waals surface area contributed by atoms with Gasteiger partial charge in [-0.2, -0.15) is 13.2 Å². The van der Waals surface area contributed by atoms with E-state index in [1.807, 2.05) is 0 Å². The van der Waals surface area contributed by atoms with Crippen molar-refractivity contribution in [3.05, 3.63) is 52.4 Å². The number of hydrogen-bond donors (Lipinski definition) is 0. The number of rotatable bonds is 3. The highest BCUT2D eigenvalue weighted by molar-refractivity contribution is 9.10. The fraction of sp³-hybridized carbons (Fsp3) is 0.333. The summed E-state index contributed by atoms with van der Waals surface area (Å²) in [7, 11) is 0. The van der Waals surface area contributed by atoms with Crippen LogP contribution in [0.15, 0.2) is 41.0 Å². The SMILES string of the molecule is O=C(c1cccnc1Oc1ccc(F)cc1Br)N1CCCC(C(F)(F)F)C1. The summed E-state index contributed by atoms with van der Waals surface area (Å²) >= 11 is 3.16. The van der Waals surface area contributed by atoms with E-state index in [1.54, 1.807) is 0 Å². The molecule has 0 radical (unpaired) electrons. The van der Waals surface area contributed by atoms with Crippen LogP contribution in [-0.4, -0.2) is 35.1 Å². The standard InChI is InChI=1S/C18H15BrF4N2O2/c19-14-9-12(20)5-6-15(14)27-16-13(4-1-7-24-16)17(26)25-8-2-3-11(10-25)18(21,22)23/h1,4-7,9,11H,2-3,8,10H2. The van der Waals surface area contributed by atoms with E-state index in [1.165, 1.54) is 41.4 Å². The number of likely N-dealkylation sites (tertiary alicyclic amines) is 1. The van der Waals surface area contributed by atoms with Crippen LogP contribution in [-0.2, 0) is 0 Å². The van der Waals surface area contributed by atoms with E-state index >= 15 is 0 Å². The number of hydrogen-bond acceptors (Lipinski definition) is 3. The first-order valence-corrected chi connectivity index (χ1v) is 8.99. The monoisotopic (exact) mass is 446 g/mol. The minimum Gasteiger partial charge on any atom is -0.437 e. The number of ether oxygens (including phenoxy) is 1. The van der Waals surface area contributed by atoms with Crippen LogP contribution in [0.2, 0.25) is 0 Å². The van der Waals surface area contributed by atoms with Gasteiger partial charge < -0.3 is 9.64 Å². The molecule has 0 aliphatic carbocycles. The van der Waals surface area contributed by atoms with Crippen LogP contribution >= 0.6 is 15.9 Å². The Labute approximate surface area is 161 Å². The van der Waals surface area contributed by atoms with Gasteiger partial charge in [-0.3, -0.25) is 4.79 Å². The summed E-state index contributed by atoms with van der Waals surface area (Å²) in [6.45, 7) is -0.156. The lowest BCUT2D eigenvalue weighted by Crippen LogP contribution is -2.44. The zero-order chi connectivity index (χ0) is 19.6. The molecule has 144 valence electrons. The predicted molar refractivity (Wildman–Crippen MR) is 93.1 cm³/mol. The Morgan fingerprint density at radius 2 is 2.07 bits per heavy atom. The summed E-state index contributed by atoms with van der Waals surface area (Å²) in [6, 6.07) is 6.69. The van der Waals surface area contributed by atoms with Crippen LogP contribution in [0.1, 0.15) is 23.2 Å². The Hall–Kier alpha value is -2.16. The number of alkyl halides is 3. The van der Waals surface area contributed by atoms with Crippen molar-refractivity contribution in [2.24, 2.45) is 5.92 Å². The fourth-order valence-electron chi connectivity index (χ4n) is 2.90. The zero-order valence-electron chi connectivity index (χ0n) is 14.0. The van der Waals surface area contributed by atoms with Gasteiger partial charge in [-0.25, -0.2) is 9.37 Å². The fourth-order valence-corrected chi connectivity index (χ4v) is 3.33. The van der Waals surface area contributed by atoms with Crippen molar-refractivity contribution in [1.29, 1.82) is 0 Å². The summed E-state index contributed by atoms with van der Waals surface area (Å²) in [5, 5.41) is 0. The number of halogens is 5. The van der Waals surface area contributed by atoms with E-state index in [2.05, 4.69) is 20.9 Å². The van der Waals surface area contributed by atoms with Gasteiger partial charge in [-0.05, 0) is 59.1 Å². The lowest BCUT2D eigenvalue weighted by atomic mass is 9.97. The van der Waals surface area contributed by atoms with Crippen molar-refractivity contribution in [2.45, 2.75) is 19.0 Å². The second-order valence-electron chi connectivity index (χ2n) is 6.16. The number of nitrogens with zero attached hydrogens (tertiary/aromatic N) is 2. The third-order valence-electron chi connectivity index (χ3n) is 4.27. The number of pyridine rings is 1. The molecular weight excluding hydrogens is 432 g/mol. The van der Waals surface area contributed by atoms with Gasteiger partial charge in [-0.1, -0.05) is 0 Å². The number of carbonyl (C=O) groups is 1. The first kappa shape index (κ1) is 19.6. The van der Waals surface area contributed by atoms with E-state index in [0.29, 0.717) is 4.47 Å². The van der Waals surface area contributed by atoms with E-state index in [4.69, 9.17) is 4.74 Å². The third-order valence-corrected chi connectivity index (χ3v) is 4.89. The molecule has 4 nitrogen and oxygen atoms in total. The van der Waals surface area contributed by atoms with Crippen LogP contribution in [0.25, 0.3) is 0 Å². The van der Waals surface area contributed by atoms with Crippen molar-refractivity contribution in [1.82, 2.24) is 9.88 Å². The molecule has 1 aliphatic heterocycles. The Balaban J connectivity index is 1.83. The Morgan fingerprint density at radius 3 is 2.78 bits per heavy atom. The normalized spacial score (nSPS) is 17.7. The van der Waals surface area contributed by atoms with Gasteiger partial charge in [0.1, 0.15) is 17.1 Å². The van der Waals surface area contributed by atoms with E-state index in [9.17, 15) is 22.4 Å². The Morgan fingerprint density at radius 1 is 1.30 bits per heavy atom. The van der Waals surface area contributed by atoms with E-state index in [0.717, 1.165) is 0 Å². The zero-order valence-corrected chi connectivity index (χ0v) is 15.6. The maximum Gasteiger partial charge on any atom is 0.393 e. The smallest absolute Gasteiger partial charge is 0.393 e. The summed E-state index contributed by atoms with van der Waals surface area (Å²) in [4.78, 5) is 18.0. The minimum absolute atomic E-state index is 0.00615. The molecule has 27 heavy (non-hydrogen) atoms. The van der Waals surface area contributed by atoms with Crippen molar-refractivity contribution >= 4 is 21.8 Å². The maximum atomic E-state index is 13.2. The lowest BCUT2D eigenvalue weighted by molar-refractivity contribution is -0.184. The quantitative estimate of drug-likeness (QED) is 0.609. The Kier molecular flexibility index (Phi) is 5.69. The van der Waals surface area contributed by atoms with Gasteiger partial charge in [-0.15, -0.1) is 0 Å². The van der Waals surface area contributed by atoms with Gasteiger partial charge in [0, 0.05) is 19.3 Å². The van der Waals surface area contributed by atoms with Crippen LogP contribution in [0.5, 0.6) is 11.6 Å². The number of piperidine rings is 1. The van der Waals surface area contributed by atoms with Gasteiger partial charge in [0.05, 0.1) is 10.4 Å². The van der Waals surface area contributed by atoms with Gasteiger partial charge in [0.2, 0.25) is 5.88 Å². The number of benzene rings is 1. The van der Waals surface area contributed by atoms with Crippen molar-refractivity contribution < 1.29 is 27.1 Å². The van der Waals surface area contributed by atoms with Crippen LogP contribution in [0.4, 0.5) is 17.6 Å². The number of amides is 1. The molecule has 0 spiro atoms. The van der Waals surface area contributed by atoms with Crippen molar-refractivity contribution in [2.75, 3.05) is 13.1 Å². The minimum atomic E-state index is -4.34. The number of aromatic nitrogens is 1. The molecule has 1 saturated heterocycles. The first-order chi connectivity index (χ1) is 12.8. The highest BCUT2D eigenvalue weighted by atomic mass is 79.9. The molecule has 1 aliphatic rings. The summed E-state index contributed by atoms with van der Waals surface area (Å²) in [6.07, 6.45) is -2.66. The Bertz CT molecular complexity index is 844. The summed E-state index contributed by atoms with van der Waals surface area (Å²) < 4.78 is 58.2. The average Bonchev–Trinajstić information content (AvgIpc) is 2.63. The van der Waals surface area contributed by atoms with Crippen LogP contribution < -0.4 is 4.74 Å². The maximum absolute atomic E-state index is 13.2. The van der Waals surface area contributed by atoms with Gasteiger partial charge in [0.25, 0.3) is 5.91 Å². The topological polar surface area (TPSA) is 42.4 Å². The molecule has 0 bridgehead atoms. The molecule has 1 amide bonds. The molecule has 1 aromatic carbocycles. The van der Waals surface area contributed by atoms with Crippen LogP contribution in [0.3, 0.4) is 0 Å². The van der Waals surface area contributed by atoms with Crippen molar-refractivity contribution in [3.8, 4) is 11.6 Å². The highest BCUT2D eigenvalue weighted by Crippen LogP contribution is 2.35. The molecule has 3 rings (SSSR count). The number of carbonyl (C=O) groups excluding carboxylic acids is 1. The lowest BCUT2D eigenvalue weighted by Gasteiger charge is -2.33. The molecule has 2 aromatic rings. The van der Waals surface area contributed by atoms with Gasteiger partial charge in [0.15, 0.2) is 0 Å². The third kappa shape index (κ3) is 4.58. The largest absolute Gasteiger partial charge is 0.437 e. The second kappa shape index (κ2) is 7.84. The molecule has 2 heterocycles. The average molecular weight is 447 g/mol. The molecule has 9 heteroatoms. The predicted octanol–water partition coefficient (Wildman–Crippen LogP) is 5.19. The molecule has 0 saturated carbocycles. The molecule has 1 aromatic heterocycles. The molecule has 1 unspecified atom stereocenters. The molecule has 0 N–H and O–H groups in total.